The largest absolute Gasteiger partial charge is 0.416 e. The lowest BCUT2D eigenvalue weighted by Crippen LogP contribution is -2.43. The number of carbonyl (C=O) groups is 1. The molecule has 5 nitrogen and oxygen atoms in total. The lowest BCUT2D eigenvalue weighted by Gasteiger charge is -2.30. The van der Waals surface area contributed by atoms with E-state index in [1.54, 1.807) is 0 Å². The van der Waals surface area contributed by atoms with E-state index in [9.17, 15) is 18.0 Å². The van der Waals surface area contributed by atoms with Crippen LogP contribution in [0.25, 0.3) is 0 Å². The average Bonchev–Trinajstić information content (AvgIpc) is 2.96. The minimum absolute atomic E-state index is 0.143. The molecule has 0 atom stereocenters. The molecule has 0 aromatic heterocycles. The third-order valence-corrected chi connectivity index (χ3v) is 4.35. The molecule has 0 saturated carbocycles. The molecule has 2 N–H and O–H groups in total. The van der Waals surface area contributed by atoms with Crippen LogP contribution >= 0.6 is 0 Å². The molecule has 1 spiro atoms. The molecule has 8 heteroatoms. The van der Waals surface area contributed by atoms with Gasteiger partial charge in [0.25, 0.3) is 5.91 Å². The molecular weight excluding hydrogens is 323 g/mol. The summed E-state index contributed by atoms with van der Waals surface area (Å²) in [6.45, 7) is 1.80. The predicted molar refractivity (Wildman–Crippen MR) is 81.3 cm³/mol. The highest BCUT2D eigenvalue weighted by Crippen LogP contribution is 2.32. The zero-order chi connectivity index (χ0) is 17.2. The molecule has 1 saturated heterocycles. The number of carbonyl (C=O) groups excluding carboxylic acids is 1. The van der Waals surface area contributed by atoms with Crippen molar-refractivity contribution in [1.29, 1.82) is 0 Å². The van der Waals surface area contributed by atoms with Crippen molar-refractivity contribution in [3.8, 4) is 0 Å². The van der Waals surface area contributed by atoms with Gasteiger partial charge in [-0.25, -0.2) is 0 Å². The topological polar surface area (TPSA) is 62.7 Å². The third kappa shape index (κ3) is 3.69. The molecule has 130 valence electrons. The zero-order valence-electron chi connectivity index (χ0n) is 12.9. The van der Waals surface area contributed by atoms with Crippen LogP contribution in [-0.4, -0.2) is 30.3 Å². The number of oxime groups is 1. The van der Waals surface area contributed by atoms with Gasteiger partial charge in [-0.1, -0.05) is 17.3 Å². The SMILES string of the molecule is O=C(NCc1ccc(C(F)(F)F)cc1)C1=NOC2(CCNCC2)C1. The molecular formula is C16H18F3N3O2. The summed E-state index contributed by atoms with van der Waals surface area (Å²) in [6.07, 6.45) is -2.30. The van der Waals surface area contributed by atoms with E-state index in [1.165, 1.54) is 12.1 Å². The Kier molecular flexibility index (Phi) is 4.49. The monoisotopic (exact) mass is 341 g/mol. The Morgan fingerprint density at radius 1 is 1.25 bits per heavy atom. The predicted octanol–water partition coefficient (Wildman–Crippen LogP) is 2.22. The average molecular weight is 341 g/mol. The zero-order valence-corrected chi connectivity index (χ0v) is 12.9. The maximum Gasteiger partial charge on any atom is 0.416 e. The fourth-order valence-electron chi connectivity index (χ4n) is 2.89. The van der Waals surface area contributed by atoms with Crippen LogP contribution in [0, 0.1) is 0 Å². The molecule has 24 heavy (non-hydrogen) atoms. The fourth-order valence-corrected chi connectivity index (χ4v) is 2.89. The van der Waals surface area contributed by atoms with Crippen LogP contribution in [0.15, 0.2) is 29.4 Å². The number of amides is 1. The van der Waals surface area contributed by atoms with Crippen LogP contribution in [0.4, 0.5) is 13.2 Å². The highest BCUT2D eigenvalue weighted by molar-refractivity contribution is 6.39. The van der Waals surface area contributed by atoms with E-state index in [0.717, 1.165) is 38.1 Å². The van der Waals surface area contributed by atoms with Crippen LogP contribution in [0.1, 0.15) is 30.4 Å². The Labute approximate surface area is 137 Å². The Morgan fingerprint density at radius 3 is 2.54 bits per heavy atom. The van der Waals surface area contributed by atoms with Gasteiger partial charge in [0.2, 0.25) is 0 Å². The highest BCUT2D eigenvalue weighted by atomic mass is 19.4. The molecule has 2 aliphatic rings. The number of nitrogens with zero attached hydrogens (tertiary/aromatic N) is 1. The Morgan fingerprint density at radius 2 is 1.92 bits per heavy atom. The van der Waals surface area contributed by atoms with Gasteiger partial charge in [-0.2, -0.15) is 13.2 Å². The van der Waals surface area contributed by atoms with Crippen LogP contribution in [-0.2, 0) is 22.4 Å². The fraction of sp³-hybridized carbons (Fsp3) is 0.500. The number of hydrogen-bond donors (Lipinski definition) is 2. The van der Waals surface area contributed by atoms with E-state index in [-0.39, 0.29) is 18.1 Å². The molecule has 0 aliphatic carbocycles. The summed E-state index contributed by atoms with van der Waals surface area (Å²) >= 11 is 0. The summed E-state index contributed by atoms with van der Waals surface area (Å²) in [5, 5.41) is 9.80. The first-order valence-corrected chi connectivity index (χ1v) is 7.78. The van der Waals surface area contributed by atoms with Crippen molar-refractivity contribution in [2.75, 3.05) is 13.1 Å². The van der Waals surface area contributed by atoms with Crippen molar-refractivity contribution in [3.63, 3.8) is 0 Å². The van der Waals surface area contributed by atoms with Gasteiger partial charge in [-0.15, -0.1) is 0 Å². The summed E-state index contributed by atoms with van der Waals surface area (Å²) in [5.41, 5.74) is -0.165. The van der Waals surface area contributed by atoms with Crippen LogP contribution in [0.2, 0.25) is 0 Å². The van der Waals surface area contributed by atoms with E-state index < -0.39 is 11.7 Å². The van der Waals surface area contributed by atoms with Crippen molar-refractivity contribution >= 4 is 11.6 Å². The van der Waals surface area contributed by atoms with E-state index >= 15 is 0 Å². The normalized spacial score (nSPS) is 19.7. The summed E-state index contributed by atoms with van der Waals surface area (Å²) in [4.78, 5) is 17.6. The Hall–Kier alpha value is -2.09. The molecule has 2 aliphatic heterocycles. The van der Waals surface area contributed by atoms with Crippen molar-refractivity contribution in [1.82, 2.24) is 10.6 Å². The molecule has 1 aromatic rings. The molecule has 1 aromatic carbocycles. The number of halogens is 3. The van der Waals surface area contributed by atoms with Gasteiger partial charge < -0.3 is 15.5 Å². The number of piperidine rings is 1. The first kappa shape index (κ1) is 16.8. The van der Waals surface area contributed by atoms with Crippen molar-refractivity contribution in [2.45, 2.75) is 37.6 Å². The van der Waals surface area contributed by atoms with E-state index in [4.69, 9.17) is 4.84 Å². The minimum atomic E-state index is -4.36. The standard InChI is InChI=1S/C16H18F3N3O2/c17-16(18,19)12-3-1-11(2-4-12)10-21-14(23)13-9-15(24-22-13)5-7-20-8-6-15/h1-4,20H,5-10H2,(H,21,23). The lowest BCUT2D eigenvalue weighted by atomic mass is 9.87. The number of rotatable bonds is 3. The Bertz CT molecular complexity index is 635. The Balaban J connectivity index is 1.53. The number of alkyl halides is 3. The van der Waals surface area contributed by atoms with Crippen LogP contribution < -0.4 is 10.6 Å². The van der Waals surface area contributed by atoms with E-state index in [2.05, 4.69) is 15.8 Å². The van der Waals surface area contributed by atoms with Gasteiger partial charge >= 0.3 is 6.18 Å². The first-order chi connectivity index (χ1) is 11.4. The molecule has 1 fully saturated rings. The van der Waals surface area contributed by atoms with Crippen LogP contribution in [0.3, 0.4) is 0 Å². The smallest absolute Gasteiger partial charge is 0.388 e. The number of nitrogens with one attached hydrogen (secondary N) is 2. The minimum Gasteiger partial charge on any atom is -0.388 e. The summed E-state index contributed by atoms with van der Waals surface area (Å²) in [7, 11) is 0. The molecule has 0 bridgehead atoms. The molecule has 2 heterocycles. The van der Waals surface area contributed by atoms with Gasteiger partial charge in [-0.3, -0.25) is 4.79 Å². The molecule has 0 radical (unpaired) electrons. The molecule has 3 rings (SSSR count). The quantitative estimate of drug-likeness (QED) is 0.886. The van der Waals surface area contributed by atoms with E-state index in [0.29, 0.717) is 17.7 Å². The van der Waals surface area contributed by atoms with Crippen molar-refractivity contribution in [3.05, 3.63) is 35.4 Å². The van der Waals surface area contributed by atoms with Gasteiger partial charge in [0.15, 0.2) is 0 Å². The number of benzene rings is 1. The second kappa shape index (κ2) is 6.43. The summed E-state index contributed by atoms with van der Waals surface area (Å²) < 4.78 is 37.5. The second-order valence-electron chi connectivity index (χ2n) is 6.12. The summed E-state index contributed by atoms with van der Waals surface area (Å²) in [6, 6.07) is 4.71. The number of hydrogen-bond acceptors (Lipinski definition) is 4. The highest BCUT2D eigenvalue weighted by Gasteiger charge is 2.42. The third-order valence-electron chi connectivity index (χ3n) is 4.35. The van der Waals surface area contributed by atoms with E-state index in [1.807, 2.05) is 0 Å². The first-order valence-electron chi connectivity index (χ1n) is 7.78. The lowest BCUT2D eigenvalue weighted by molar-refractivity contribution is -0.137. The molecule has 0 unspecified atom stereocenters. The second-order valence-corrected chi connectivity index (χ2v) is 6.12. The van der Waals surface area contributed by atoms with Crippen LogP contribution in [0.5, 0.6) is 0 Å². The van der Waals surface area contributed by atoms with Gasteiger partial charge in [-0.05, 0) is 30.8 Å². The molecule has 1 amide bonds. The van der Waals surface area contributed by atoms with Gasteiger partial charge in [0, 0.05) is 25.8 Å². The van der Waals surface area contributed by atoms with Gasteiger partial charge in [0.05, 0.1) is 5.56 Å². The van der Waals surface area contributed by atoms with Crippen molar-refractivity contribution < 1.29 is 22.8 Å². The maximum atomic E-state index is 12.5. The van der Waals surface area contributed by atoms with Gasteiger partial charge in [0.1, 0.15) is 11.3 Å². The summed E-state index contributed by atoms with van der Waals surface area (Å²) in [5.74, 6) is -0.342. The maximum absolute atomic E-state index is 12.5. The van der Waals surface area contributed by atoms with Crippen molar-refractivity contribution in [2.24, 2.45) is 5.16 Å².